The van der Waals surface area contributed by atoms with Gasteiger partial charge in [-0.15, -0.1) is 13.2 Å². The van der Waals surface area contributed by atoms with Gasteiger partial charge in [-0.05, 0) is 44.7 Å². The zero-order valence-corrected chi connectivity index (χ0v) is 22.2. The third-order valence-corrected chi connectivity index (χ3v) is 8.38. The number of amides is 2. The van der Waals surface area contributed by atoms with E-state index in [1.54, 1.807) is 36.4 Å². The van der Waals surface area contributed by atoms with Gasteiger partial charge in [-0.1, -0.05) is 42.8 Å². The van der Waals surface area contributed by atoms with Crippen LogP contribution in [0.2, 0.25) is 5.02 Å². The van der Waals surface area contributed by atoms with Gasteiger partial charge in [0.05, 0.1) is 41.5 Å². The van der Waals surface area contributed by atoms with E-state index >= 15 is 0 Å². The zero-order valence-electron chi connectivity index (χ0n) is 21.4. The lowest BCUT2D eigenvalue weighted by Gasteiger charge is -2.39. The Balaban J connectivity index is 1.81. The Morgan fingerprint density at radius 3 is 2.68 bits per heavy atom. The SMILES string of the molecule is C=CCCOC(=O)[C@@H]1[C@H]2C(=O)N([C@@H](CC)CO)C(C(=O)N(CC=C)c3ccccc3Cl)C23CC[C@@]1(C)O3. The second-order valence-corrected chi connectivity index (χ2v) is 10.6. The van der Waals surface area contributed by atoms with Crippen LogP contribution in [0, 0.1) is 11.8 Å². The molecule has 0 radical (unpaired) electrons. The highest BCUT2D eigenvalue weighted by atomic mass is 35.5. The molecule has 1 N–H and O–H groups in total. The van der Waals surface area contributed by atoms with E-state index in [0.717, 1.165) is 0 Å². The van der Waals surface area contributed by atoms with Gasteiger partial charge in [0.2, 0.25) is 5.91 Å². The number of halogens is 1. The maximum absolute atomic E-state index is 14.4. The number of ether oxygens (including phenoxy) is 2. The van der Waals surface area contributed by atoms with Crippen LogP contribution in [0.1, 0.15) is 39.5 Å². The number of esters is 1. The van der Waals surface area contributed by atoms with Crippen molar-refractivity contribution in [2.45, 2.75) is 62.8 Å². The van der Waals surface area contributed by atoms with Gasteiger partial charge in [-0.2, -0.15) is 0 Å². The zero-order chi connectivity index (χ0) is 27.0. The number of anilines is 1. The molecule has 2 unspecified atom stereocenters. The summed E-state index contributed by atoms with van der Waals surface area (Å²) in [5.74, 6) is -3.02. The molecular weight excluding hydrogens is 496 g/mol. The Kier molecular flexibility index (Phi) is 7.83. The molecule has 2 amide bonds. The molecule has 200 valence electrons. The van der Waals surface area contributed by atoms with Gasteiger partial charge in [0.25, 0.3) is 5.91 Å². The molecule has 0 aliphatic carbocycles. The number of hydrogen-bond donors (Lipinski definition) is 1. The molecule has 1 aromatic rings. The minimum absolute atomic E-state index is 0.155. The minimum atomic E-state index is -1.23. The fraction of sp³-hybridized carbons (Fsp3) is 0.536. The van der Waals surface area contributed by atoms with Crippen molar-refractivity contribution in [2.24, 2.45) is 11.8 Å². The molecule has 3 fully saturated rings. The fourth-order valence-corrected chi connectivity index (χ4v) is 6.63. The summed E-state index contributed by atoms with van der Waals surface area (Å²) in [7, 11) is 0. The number of fused-ring (bicyclic) bond motifs is 1. The molecule has 0 saturated carbocycles. The van der Waals surface area contributed by atoms with Crippen molar-refractivity contribution >= 4 is 35.1 Å². The van der Waals surface area contributed by atoms with Crippen molar-refractivity contribution in [3.05, 3.63) is 54.6 Å². The molecule has 3 saturated heterocycles. The second kappa shape index (κ2) is 10.6. The fourth-order valence-electron chi connectivity index (χ4n) is 6.39. The van der Waals surface area contributed by atoms with Crippen LogP contribution >= 0.6 is 11.6 Å². The average molecular weight is 531 g/mol. The molecule has 3 aliphatic heterocycles. The van der Waals surface area contributed by atoms with E-state index in [-0.39, 0.29) is 31.6 Å². The Morgan fingerprint density at radius 1 is 1.32 bits per heavy atom. The van der Waals surface area contributed by atoms with Crippen molar-refractivity contribution in [1.82, 2.24) is 4.90 Å². The summed E-state index contributed by atoms with van der Waals surface area (Å²) in [5.41, 5.74) is -1.68. The van der Waals surface area contributed by atoms with Gasteiger partial charge in [0, 0.05) is 6.54 Å². The van der Waals surface area contributed by atoms with Crippen molar-refractivity contribution in [3.8, 4) is 0 Å². The highest BCUT2D eigenvalue weighted by Gasteiger charge is 2.79. The Bertz CT molecular complexity index is 1090. The third-order valence-electron chi connectivity index (χ3n) is 8.07. The van der Waals surface area contributed by atoms with Crippen molar-refractivity contribution < 1.29 is 29.0 Å². The number of para-hydroxylation sites is 1. The van der Waals surface area contributed by atoms with Crippen molar-refractivity contribution in [1.29, 1.82) is 0 Å². The minimum Gasteiger partial charge on any atom is -0.465 e. The lowest BCUT2D eigenvalue weighted by molar-refractivity contribution is -0.160. The van der Waals surface area contributed by atoms with E-state index in [2.05, 4.69) is 13.2 Å². The van der Waals surface area contributed by atoms with Crippen LogP contribution in [-0.4, -0.2) is 70.8 Å². The second-order valence-electron chi connectivity index (χ2n) is 10.2. The number of likely N-dealkylation sites (tertiary alicyclic amines) is 1. The first-order valence-electron chi connectivity index (χ1n) is 12.8. The summed E-state index contributed by atoms with van der Waals surface area (Å²) < 4.78 is 12.1. The van der Waals surface area contributed by atoms with Gasteiger partial charge in [-0.3, -0.25) is 14.4 Å². The normalized spacial score (nSPS) is 30.6. The Hall–Kier alpha value is -2.68. The topological polar surface area (TPSA) is 96.4 Å². The number of carbonyl (C=O) groups excluding carboxylic acids is 3. The molecule has 9 heteroatoms. The lowest BCUT2D eigenvalue weighted by Crippen LogP contribution is -2.59. The van der Waals surface area contributed by atoms with Gasteiger partial charge < -0.3 is 24.4 Å². The molecular formula is C28H35ClN2O6. The van der Waals surface area contributed by atoms with Gasteiger partial charge in [0.15, 0.2) is 0 Å². The maximum Gasteiger partial charge on any atom is 0.312 e. The van der Waals surface area contributed by atoms with E-state index in [0.29, 0.717) is 36.4 Å². The number of aliphatic hydroxyl groups excluding tert-OH is 1. The average Bonchev–Trinajstić information content (AvgIpc) is 3.45. The standard InChI is InChI=1S/C28H35ClN2O6/c1-5-8-16-36-26(35)22-21-24(33)31(18(7-3)17-32)23(28(21)14-13-27(22,4)37-28)25(34)30(15-6-2)20-12-10-9-11-19(20)29/h5-6,9-12,18,21-23,32H,1-2,7-8,13-17H2,3-4H3/t18-,21-,22-,23?,27+,28?/m0/s1. The molecule has 2 bridgehead atoms. The molecule has 4 rings (SSSR count). The number of rotatable bonds is 11. The van der Waals surface area contributed by atoms with Crippen LogP contribution in [0.5, 0.6) is 0 Å². The van der Waals surface area contributed by atoms with Gasteiger partial charge >= 0.3 is 5.97 Å². The molecule has 1 aromatic carbocycles. The maximum atomic E-state index is 14.4. The first kappa shape index (κ1) is 27.4. The number of carbonyl (C=O) groups is 3. The summed E-state index contributed by atoms with van der Waals surface area (Å²) in [6.45, 7) is 11.1. The predicted molar refractivity (Wildman–Crippen MR) is 140 cm³/mol. The first-order valence-corrected chi connectivity index (χ1v) is 13.2. The summed E-state index contributed by atoms with van der Waals surface area (Å²) in [5, 5.41) is 10.6. The van der Waals surface area contributed by atoms with E-state index < -0.39 is 41.1 Å². The lowest BCUT2D eigenvalue weighted by atomic mass is 9.66. The first-order chi connectivity index (χ1) is 17.7. The van der Waals surface area contributed by atoms with Crippen LogP contribution in [0.3, 0.4) is 0 Å². The van der Waals surface area contributed by atoms with E-state index in [1.807, 2.05) is 13.8 Å². The number of benzene rings is 1. The summed E-state index contributed by atoms with van der Waals surface area (Å²) in [6.07, 6.45) is 5.09. The molecule has 3 aliphatic rings. The molecule has 8 nitrogen and oxygen atoms in total. The van der Waals surface area contributed by atoms with E-state index in [9.17, 15) is 19.5 Å². The molecule has 37 heavy (non-hydrogen) atoms. The monoisotopic (exact) mass is 530 g/mol. The van der Waals surface area contributed by atoms with Gasteiger partial charge in [-0.25, -0.2) is 0 Å². The predicted octanol–water partition coefficient (Wildman–Crippen LogP) is 3.51. The van der Waals surface area contributed by atoms with Crippen molar-refractivity contribution in [2.75, 3.05) is 24.7 Å². The molecule has 0 aromatic heterocycles. The number of nitrogens with zero attached hydrogens (tertiary/aromatic N) is 2. The number of aliphatic hydroxyl groups is 1. The highest BCUT2D eigenvalue weighted by Crippen LogP contribution is 2.64. The Morgan fingerprint density at radius 2 is 2.05 bits per heavy atom. The van der Waals surface area contributed by atoms with E-state index in [4.69, 9.17) is 21.1 Å². The molecule has 1 spiro atoms. The van der Waals surface area contributed by atoms with Gasteiger partial charge in [0.1, 0.15) is 17.6 Å². The quantitative estimate of drug-likeness (QED) is 0.267. The van der Waals surface area contributed by atoms with Crippen LogP contribution in [-0.2, 0) is 23.9 Å². The smallest absolute Gasteiger partial charge is 0.312 e. The summed E-state index contributed by atoms with van der Waals surface area (Å²) in [6, 6.07) is 5.30. The summed E-state index contributed by atoms with van der Waals surface area (Å²) >= 11 is 6.47. The van der Waals surface area contributed by atoms with E-state index in [1.165, 1.54) is 9.80 Å². The van der Waals surface area contributed by atoms with Crippen LogP contribution in [0.15, 0.2) is 49.6 Å². The molecule has 6 atom stereocenters. The number of hydrogen-bond acceptors (Lipinski definition) is 6. The van der Waals surface area contributed by atoms with Crippen LogP contribution in [0.25, 0.3) is 0 Å². The van der Waals surface area contributed by atoms with Crippen molar-refractivity contribution in [3.63, 3.8) is 0 Å². The third kappa shape index (κ3) is 4.29. The largest absolute Gasteiger partial charge is 0.465 e. The summed E-state index contributed by atoms with van der Waals surface area (Å²) in [4.78, 5) is 44.8. The molecule has 3 heterocycles. The highest BCUT2D eigenvalue weighted by molar-refractivity contribution is 6.34. The van der Waals surface area contributed by atoms with Crippen LogP contribution < -0.4 is 4.90 Å². The van der Waals surface area contributed by atoms with Crippen LogP contribution in [0.4, 0.5) is 5.69 Å². The Labute approximate surface area is 222 Å².